The minimum Gasteiger partial charge on any atom is -0.309 e. The van der Waals surface area contributed by atoms with Crippen LogP contribution in [0.4, 0.5) is 14.6 Å². The van der Waals surface area contributed by atoms with E-state index in [1.165, 1.54) is 23.0 Å². The number of nitrogens with zero attached hydrogens (tertiary/aromatic N) is 4. The van der Waals surface area contributed by atoms with Gasteiger partial charge in [0.05, 0.1) is 17.0 Å². The normalized spacial score (nSPS) is 10.8. The number of carbonyl (C=O) groups is 1. The lowest BCUT2D eigenvalue weighted by Gasteiger charge is -2.05. The number of halogens is 2. The molecule has 124 valence electrons. The lowest BCUT2D eigenvalue weighted by Crippen LogP contribution is -2.20. The van der Waals surface area contributed by atoms with Crippen LogP contribution in [-0.4, -0.2) is 25.5 Å². The number of anilines is 1. The van der Waals surface area contributed by atoms with Gasteiger partial charge in [-0.2, -0.15) is 10.2 Å². The van der Waals surface area contributed by atoms with Crippen molar-refractivity contribution >= 4 is 11.7 Å². The highest BCUT2D eigenvalue weighted by molar-refractivity contribution is 5.89. The topological polar surface area (TPSA) is 64.7 Å². The minimum atomic E-state index is -0.699. The Hall–Kier alpha value is -3.03. The van der Waals surface area contributed by atoms with Crippen LogP contribution in [0, 0.1) is 18.6 Å². The van der Waals surface area contributed by atoms with Gasteiger partial charge in [0.25, 0.3) is 0 Å². The van der Waals surface area contributed by atoms with Crippen LogP contribution >= 0.6 is 0 Å². The Kier molecular flexibility index (Phi) is 4.11. The fraction of sp³-hybridized carbons (Fsp3) is 0.188. The molecule has 0 atom stereocenters. The number of carbonyl (C=O) groups excluding carboxylic acids is 1. The number of amides is 1. The van der Waals surface area contributed by atoms with Crippen LogP contribution in [0.15, 0.2) is 36.5 Å². The molecule has 0 aliphatic rings. The number of nitrogens with one attached hydrogen (secondary N) is 1. The van der Waals surface area contributed by atoms with E-state index >= 15 is 0 Å². The van der Waals surface area contributed by atoms with Crippen molar-refractivity contribution in [2.75, 3.05) is 5.32 Å². The molecule has 0 fully saturated rings. The summed E-state index contributed by atoms with van der Waals surface area (Å²) in [5, 5.41) is 10.9. The Morgan fingerprint density at radius 2 is 1.92 bits per heavy atom. The first-order chi connectivity index (χ1) is 11.4. The highest BCUT2D eigenvalue weighted by Crippen LogP contribution is 2.24. The van der Waals surface area contributed by atoms with Gasteiger partial charge in [-0.1, -0.05) is 6.07 Å². The molecule has 0 bridgehead atoms. The van der Waals surface area contributed by atoms with Crippen molar-refractivity contribution in [1.29, 1.82) is 0 Å². The molecule has 2 heterocycles. The van der Waals surface area contributed by atoms with Crippen molar-refractivity contribution in [3.8, 4) is 11.3 Å². The summed E-state index contributed by atoms with van der Waals surface area (Å²) in [6, 6.07) is 6.81. The van der Waals surface area contributed by atoms with Gasteiger partial charge in [0.2, 0.25) is 5.91 Å². The maximum Gasteiger partial charge on any atom is 0.247 e. The third-order valence-electron chi connectivity index (χ3n) is 3.43. The molecule has 6 nitrogen and oxygen atoms in total. The summed E-state index contributed by atoms with van der Waals surface area (Å²) in [5.41, 5.74) is 0.706. The highest BCUT2D eigenvalue weighted by atomic mass is 19.1. The fourth-order valence-electron chi connectivity index (χ4n) is 2.38. The van der Waals surface area contributed by atoms with E-state index in [2.05, 4.69) is 15.5 Å². The standard InChI is InChI=1S/C16H15F2N5O/c1-10-8-14(22(2)20-10)19-15(24)9-23-7-6-13(21-23)16-11(17)4-3-5-12(16)18/h3-8H,9H2,1-2H3,(H,19,24). The zero-order valence-corrected chi connectivity index (χ0v) is 13.1. The molecular formula is C16H15F2N5O. The smallest absolute Gasteiger partial charge is 0.247 e. The van der Waals surface area contributed by atoms with Crippen molar-refractivity contribution in [2.24, 2.45) is 7.05 Å². The highest BCUT2D eigenvalue weighted by Gasteiger charge is 2.15. The molecule has 2 aromatic heterocycles. The molecule has 0 saturated carbocycles. The van der Waals surface area contributed by atoms with Gasteiger partial charge in [-0.05, 0) is 25.1 Å². The molecule has 0 spiro atoms. The first-order valence-corrected chi connectivity index (χ1v) is 7.22. The molecule has 3 rings (SSSR count). The number of aromatic nitrogens is 4. The van der Waals surface area contributed by atoms with E-state index in [0.29, 0.717) is 5.82 Å². The second-order valence-electron chi connectivity index (χ2n) is 5.34. The molecule has 8 heteroatoms. The summed E-state index contributed by atoms with van der Waals surface area (Å²) in [6.07, 6.45) is 1.50. The van der Waals surface area contributed by atoms with Crippen molar-refractivity contribution in [2.45, 2.75) is 13.5 Å². The zero-order chi connectivity index (χ0) is 17.3. The van der Waals surface area contributed by atoms with Crippen molar-refractivity contribution in [3.05, 3.63) is 53.9 Å². The van der Waals surface area contributed by atoms with Crippen LogP contribution in [0.5, 0.6) is 0 Å². The van der Waals surface area contributed by atoms with Gasteiger partial charge in [0, 0.05) is 19.3 Å². The molecule has 0 aliphatic carbocycles. The SMILES string of the molecule is Cc1cc(NC(=O)Cn2ccc(-c3c(F)cccc3F)n2)n(C)n1. The molecule has 0 unspecified atom stereocenters. The van der Waals surface area contributed by atoms with Crippen LogP contribution in [0.3, 0.4) is 0 Å². The first-order valence-electron chi connectivity index (χ1n) is 7.22. The number of rotatable bonds is 4. The number of hydrogen-bond acceptors (Lipinski definition) is 3. The predicted molar refractivity (Wildman–Crippen MR) is 84.2 cm³/mol. The third kappa shape index (κ3) is 3.17. The van der Waals surface area contributed by atoms with Crippen LogP contribution in [-0.2, 0) is 18.4 Å². The van der Waals surface area contributed by atoms with Crippen LogP contribution in [0.25, 0.3) is 11.3 Å². The predicted octanol–water partition coefficient (Wildman–Crippen LogP) is 2.51. The monoisotopic (exact) mass is 331 g/mol. The van der Waals surface area contributed by atoms with E-state index in [1.807, 2.05) is 6.92 Å². The lowest BCUT2D eigenvalue weighted by atomic mass is 10.1. The average Bonchev–Trinajstić information content (AvgIpc) is 3.06. The quantitative estimate of drug-likeness (QED) is 0.799. The Morgan fingerprint density at radius 3 is 2.54 bits per heavy atom. The summed E-state index contributed by atoms with van der Waals surface area (Å²) in [6.45, 7) is 1.73. The van der Waals surface area contributed by atoms with E-state index in [1.54, 1.807) is 17.8 Å². The van der Waals surface area contributed by atoms with Crippen LogP contribution < -0.4 is 5.32 Å². The lowest BCUT2D eigenvalue weighted by molar-refractivity contribution is -0.116. The second kappa shape index (κ2) is 6.23. The molecule has 0 radical (unpaired) electrons. The molecular weight excluding hydrogens is 316 g/mol. The summed E-state index contributed by atoms with van der Waals surface area (Å²) in [5.74, 6) is -1.16. The molecule has 0 aliphatic heterocycles. The number of benzene rings is 1. The van der Waals surface area contributed by atoms with E-state index in [-0.39, 0.29) is 23.7 Å². The fourth-order valence-corrected chi connectivity index (χ4v) is 2.38. The Bertz CT molecular complexity index is 880. The first kappa shape index (κ1) is 15.9. The number of aryl methyl sites for hydroxylation is 2. The minimum absolute atomic E-state index is 0.0830. The molecule has 0 saturated heterocycles. The third-order valence-corrected chi connectivity index (χ3v) is 3.43. The molecule has 1 N–H and O–H groups in total. The zero-order valence-electron chi connectivity index (χ0n) is 13.1. The summed E-state index contributed by atoms with van der Waals surface area (Å²) in [7, 11) is 1.72. The number of hydrogen-bond donors (Lipinski definition) is 1. The summed E-state index contributed by atoms with van der Waals surface area (Å²) in [4.78, 5) is 12.1. The van der Waals surface area contributed by atoms with E-state index in [0.717, 1.165) is 17.8 Å². The van der Waals surface area contributed by atoms with E-state index < -0.39 is 11.6 Å². The second-order valence-corrected chi connectivity index (χ2v) is 5.34. The molecule has 24 heavy (non-hydrogen) atoms. The largest absolute Gasteiger partial charge is 0.309 e. The van der Waals surface area contributed by atoms with Crippen LogP contribution in [0.1, 0.15) is 5.69 Å². The van der Waals surface area contributed by atoms with Crippen molar-refractivity contribution < 1.29 is 13.6 Å². The average molecular weight is 331 g/mol. The van der Waals surface area contributed by atoms with Gasteiger partial charge in [-0.3, -0.25) is 14.2 Å². The molecule has 3 aromatic rings. The van der Waals surface area contributed by atoms with Crippen LogP contribution in [0.2, 0.25) is 0 Å². The van der Waals surface area contributed by atoms with Crippen molar-refractivity contribution in [1.82, 2.24) is 19.6 Å². The summed E-state index contributed by atoms with van der Waals surface area (Å²) < 4.78 is 30.4. The molecule has 1 aromatic carbocycles. The van der Waals surface area contributed by atoms with Gasteiger partial charge >= 0.3 is 0 Å². The van der Waals surface area contributed by atoms with Gasteiger partial charge in [-0.25, -0.2) is 8.78 Å². The maximum atomic E-state index is 13.8. The Labute approximate surface area is 136 Å². The Morgan fingerprint density at radius 1 is 1.21 bits per heavy atom. The molecule has 1 amide bonds. The van der Waals surface area contributed by atoms with Gasteiger partial charge < -0.3 is 5.32 Å². The summed E-state index contributed by atoms with van der Waals surface area (Å²) >= 11 is 0. The maximum absolute atomic E-state index is 13.8. The van der Waals surface area contributed by atoms with Gasteiger partial charge in [-0.15, -0.1) is 0 Å². The van der Waals surface area contributed by atoms with Gasteiger partial charge in [0.1, 0.15) is 24.0 Å². The van der Waals surface area contributed by atoms with Crippen molar-refractivity contribution in [3.63, 3.8) is 0 Å². The van der Waals surface area contributed by atoms with E-state index in [9.17, 15) is 13.6 Å². The Balaban J connectivity index is 1.74. The van der Waals surface area contributed by atoms with E-state index in [4.69, 9.17) is 0 Å². The van der Waals surface area contributed by atoms with Gasteiger partial charge in [0.15, 0.2) is 0 Å².